The van der Waals surface area contributed by atoms with Crippen LogP contribution in [0, 0.1) is 9.39 Å². The smallest absolute Gasteiger partial charge is 0.258 e. The van der Waals surface area contributed by atoms with Crippen LogP contribution in [0.25, 0.3) is 0 Å². The standard InChI is InChI=1S/C14H12FIN2O2/c1-18(10-4-6-13(20-2)17-8-10)14(19)9-3-5-12(16)11(15)7-9/h3-8H,1-2H3. The Hall–Kier alpha value is -1.70. The van der Waals surface area contributed by atoms with Crippen LogP contribution < -0.4 is 9.64 Å². The zero-order valence-electron chi connectivity index (χ0n) is 10.9. The molecule has 0 aliphatic rings. The molecule has 0 saturated carbocycles. The summed E-state index contributed by atoms with van der Waals surface area (Å²) in [6.07, 6.45) is 1.53. The number of hydrogen-bond donors (Lipinski definition) is 0. The minimum absolute atomic E-state index is 0.293. The molecule has 1 aromatic heterocycles. The number of methoxy groups -OCH3 is 1. The van der Waals surface area contributed by atoms with Crippen LogP contribution in [-0.2, 0) is 0 Å². The monoisotopic (exact) mass is 386 g/mol. The van der Waals surface area contributed by atoms with Gasteiger partial charge in [-0.2, -0.15) is 0 Å². The Balaban J connectivity index is 2.24. The highest BCUT2D eigenvalue weighted by Crippen LogP contribution is 2.19. The van der Waals surface area contributed by atoms with Crippen molar-refractivity contribution in [2.45, 2.75) is 0 Å². The third kappa shape index (κ3) is 3.06. The molecule has 0 saturated heterocycles. The molecule has 0 N–H and O–H groups in total. The molecule has 4 nitrogen and oxygen atoms in total. The second-order valence-corrected chi connectivity index (χ2v) is 5.21. The van der Waals surface area contributed by atoms with Gasteiger partial charge in [-0.25, -0.2) is 9.37 Å². The Morgan fingerprint density at radius 3 is 2.65 bits per heavy atom. The summed E-state index contributed by atoms with van der Waals surface area (Å²) in [5, 5.41) is 0. The largest absolute Gasteiger partial charge is 0.481 e. The highest BCUT2D eigenvalue weighted by molar-refractivity contribution is 14.1. The molecule has 1 amide bonds. The minimum atomic E-state index is -0.405. The van der Waals surface area contributed by atoms with Crippen molar-refractivity contribution in [2.24, 2.45) is 0 Å². The molecule has 1 aromatic carbocycles. The van der Waals surface area contributed by atoms with Crippen molar-refractivity contribution in [1.29, 1.82) is 0 Å². The van der Waals surface area contributed by atoms with Crippen molar-refractivity contribution in [3.8, 4) is 5.88 Å². The Labute approximate surface area is 129 Å². The molecule has 0 bridgehead atoms. The van der Waals surface area contributed by atoms with Crippen molar-refractivity contribution in [2.75, 3.05) is 19.1 Å². The van der Waals surface area contributed by atoms with E-state index in [-0.39, 0.29) is 5.91 Å². The molecular weight excluding hydrogens is 374 g/mol. The van der Waals surface area contributed by atoms with Gasteiger partial charge in [0.15, 0.2) is 0 Å². The first kappa shape index (κ1) is 14.7. The number of benzene rings is 1. The van der Waals surface area contributed by atoms with E-state index in [2.05, 4.69) is 4.98 Å². The second-order valence-electron chi connectivity index (χ2n) is 4.05. The number of rotatable bonds is 3. The highest BCUT2D eigenvalue weighted by Gasteiger charge is 2.15. The Morgan fingerprint density at radius 1 is 1.35 bits per heavy atom. The van der Waals surface area contributed by atoms with Gasteiger partial charge in [0, 0.05) is 22.2 Å². The predicted octanol–water partition coefficient (Wildman–Crippen LogP) is 3.11. The van der Waals surface area contributed by atoms with Crippen molar-refractivity contribution < 1.29 is 13.9 Å². The van der Waals surface area contributed by atoms with Gasteiger partial charge in [-0.05, 0) is 46.9 Å². The van der Waals surface area contributed by atoms with Crippen LogP contribution >= 0.6 is 22.6 Å². The first-order valence-electron chi connectivity index (χ1n) is 5.76. The summed E-state index contributed by atoms with van der Waals surface area (Å²) in [5.74, 6) is -0.236. The van der Waals surface area contributed by atoms with Gasteiger partial charge in [0.05, 0.1) is 19.0 Å². The van der Waals surface area contributed by atoms with Gasteiger partial charge in [-0.15, -0.1) is 0 Å². The van der Waals surface area contributed by atoms with E-state index < -0.39 is 5.82 Å². The molecule has 104 valence electrons. The molecule has 0 unspecified atom stereocenters. The zero-order valence-corrected chi connectivity index (χ0v) is 13.1. The third-order valence-electron chi connectivity index (χ3n) is 2.79. The first-order chi connectivity index (χ1) is 9.52. The molecule has 0 radical (unpaired) electrons. The highest BCUT2D eigenvalue weighted by atomic mass is 127. The number of nitrogens with zero attached hydrogens (tertiary/aromatic N) is 2. The van der Waals surface area contributed by atoms with E-state index in [4.69, 9.17) is 4.74 Å². The number of carbonyl (C=O) groups excluding carboxylic acids is 1. The summed E-state index contributed by atoms with van der Waals surface area (Å²) in [5.41, 5.74) is 0.899. The van der Waals surface area contributed by atoms with E-state index in [9.17, 15) is 9.18 Å². The van der Waals surface area contributed by atoms with E-state index >= 15 is 0 Å². The van der Waals surface area contributed by atoms with Crippen molar-refractivity contribution in [3.05, 3.63) is 51.5 Å². The molecule has 0 spiro atoms. The normalized spacial score (nSPS) is 10.2. The average Bonchev–Trinajstić information content (AvgIpc) is 2.48. The summed E-state index contributed by atoms with van der Waals surface area (Å²) < 4.78 is 18.9. The number of aromatic nitrogens is 1. The molecule has 1 heterocycles. The van der Waals surface area contributed by atoms with Crippen LogP contribution in [0.1, 0.15) is 10.4 Å². The van der Waals surface area contributed by atoms with Crippen LogP contribution in [0.3, 0.4) is 0 Å². The number of carbonyl (C=O) groups is 1. The Kier molecular flexibility index (Phi) is 4.53. The maximum absolute atomic E-state index is 13.5. The Morgan fingerprint density at radius 2 is 2.10 bits per heavy atom. The molecule has 20 heavy (non-hydrogen) atoms. The summed E-state index contributed by atoms with van der Waals surface area (Å²) in [6.45, 7) is 0. The number of ether oxygens (including phenoxy) is 1. The Bertz CT molecular complexity index is 632. The van der Waals surface area contributed by atoms with Crippen LogP contribution in [0.15, 0.2) is 36.5 Å². The summed E-state index contributed by atoms with van der Waals surface area (Å²) in [7, 11) is 3.13. The van der Waals surface area contributed by atoms with Crippen molar-refractivity contribution in [1.82, 2.24) is 4.98 Å². The summed E-state index contributed by atoms with van der Waals surface area (Å²) in [4.78, 5) is 17.7. The van der Waals surface area contributed by atoms with Crippen molar-refractivity contribution in [3.63, 3.8) is 0 Å². The maximum Gasteiger partial charge on any atom is 0.258 e. The lowest BCUT2D eigenvalue weighted by Gasteiger charge is -2.17. The number of anilines is 1. The minimum Gasteiger partial charge on any atom is -0.481 e. The summed E-state index contributed by atoms with van der Waals surface area (Å²) in [6, 6.07) is 7.78. The molecule has 2 aromatic rings. The van der Waals surface area contributed by atoms with E-state index in [0.717, 1.165) is 0 Å². The number of halogens is 2. The van der Waals surface area contributed by atoms with Gasteiger partial charge in [0.1, 0.15) is 5.82 Å². The fraction of sp³-hybridized carbons (Fsp3) is 0.143. The number of amides is 1. The lowest BCUT2D eigenvalue weighted by Crippen LogP contribution is -2.26. The molecule has 0 aliphatic carbocycles. The molecule has 0 fully saturated rings. The van der Waals surface area contributed by atoms with Crippen LogP contribution in [0.5, 0.6) is 5.88 Å². The fourth-order valence-corrected chi connectivity index (χ4v) is 1.97. The van der Waals surface area contributed by atoms with E-state index in [1.165, 1.54) is 24.3 Å². The van der Waals surface area contributed by atoms with Crippen LogP contribution in [0.2, 0.25) is 0 Å². The molecule has 2 rings (SSSR count). The fourth-order valence-electron chi connectivity index (χ4n) is 1.63. The van der Waals surface area contributed by atoms with Gasteiger partial charge >= 0.3 is 0 Å². The number of pyridine rings is 1. The predicted molar refractivity (Wildman–Crippen MR) is 82.6 cm³/mol. The molecular formula is C14H12FIN2O2. The quantitative estimate of drug-likeness (QED) is 0.762. The second kappa shape index (κ2) is 6.17. The van der Waals surface area contributed by atoms with Gasteiger partial charge in [-0.3, -0.25) is 4.79 Å². The van der Waals surface area contributed by atoms with E-state index in [1.807, 2.05) is 22.6 Å². The zero-order chi connectivity index (χ0) is 14.7. The average molecular weight is 386 g/mol. The van der Waals surface area contributed by atoms with Gasteiger partial charge in [0.25, 0.3) is 5.91 Å². The molecule has 0 aliphatic heterocycles. The van der Waals surface area contributed by atoms with Gasteiger partial charge < -0.3 is 9.64 Å². The van der Waals surface area contributed by atoms with Crippen molar-refractivity contribution >= 4 is 34.2 Å². The third-order valence-corrected chi connectivity index (χ3v) is 3.66. The maximum atomic E-state index is 13.5. The lowest BCUT2D eigenvalue weighted by molar-refractivity contribution is 0.0992. The van der Waals surface area contributed by atoms with Gasteiger partial charge in [0.2, 0.25) is 5.88 Å². The lowest BCUT2D eigenvalue weighted by atomic mass is 10.2. The van der Waals surface area contributed by atoms with Crippen LogP contribution in [0.4, 0.5) is 10.1 Å². The van der Waals surface area contributed by atoms with E-state index in [1.54, 1.807) is 31.3 Å². The van der Waals surface area contributed by atoms with Gasteiger partial charge in [-0.1, -0.05) is 0 Å². The summed E-state index contributed by atoms with van der Waals surface area (Å²) >= 11 is 1.88. The van der Waals surface area contributed by atoms with E-state index in [0.29, 0.717) is 20.7 Å². The number of hydrogen-bond acceptors (Lipinski definition) is 3. The topological polar surface area (TPSA) is 42.4 Å². The molecule has 6 heteroatoms. The van der Waals surface area contributed by atoms with Crippen LogP contribution in [-0.4, -0.2) is 25.0 Å². The molecule has 0 atom stereocenters. The first-order valence-corrected chi connectivity index (χ1v) is 6.84. The SMILES string of the molecule is COc1ccc(N(C)C(=O)c2ccc(I)c(F)c2)cn1.